The van der Waals surface area contributed by atoms with Crippen LogP contribution in [0.2, 0.25) is 0 Å². The summed E-state index contributed by atoms with van der Waals surface area (Å²) in [4.78, 5) is 11.1. The maximum absolute atomic E-state index is 12.9. The molecule has 0 atom stereocenters. The predicted octanol–water partition coefficient (Wildman–Crippen LogP) is 1.79. The quantitative estimate of drug-likeness (QED) is 0.673. The van der Waals surface area contributed by atoms with Gasteiger partial charge in [0.25, 0.3) is 0 Å². The molecular weight excluding hydrogens is 178 g/mol. The third kappa shape index (κ3) is 2.09. The molecule has 0 saturated heterocycles. The lowest BCUT2D eigenvalue weighted by Crippen LogP contribution is -2.10. The molecule has 0 aliphatic rings. The molecule has 0 saturated carbocycles. The molecule has 1 aromatic carbocycles. The van der Waals surface area contributed by atoms with Crippen LogP contribution in [0.4, 0.5) is 8.78 Å². The molecule has 13 heavy (non-hydrogen) atoms. The van der Waals surface area contributed by atoms with Crippen LogP contribution in [0.25, 0.3) is 0 Å². The Labute approximate surface area is 74.1 Å². The Morgan fingerprint density at radius 3 is 2.77 bits per heavy atom. The van der Waals surface area contributed by atoms with Crippen molar-refractivity contribution in [1.29, 1.82) is 0 Å². The second-order valence-corrected chi connectivity index (χ2v) is 2.46. The normalized spacial score (nSPS) is 10.1. The van der Waals surface area contributed by atoms with Gasteiger partial charge in [0.15, 0.2) is 17.4 Å². The minimum Gasteiger partial charge on any atom is -0.377 e. The maximum Gasteiger partial charge on any atom is 0.191 e. The Balaban J connectivity index is 3.01. The first-order chi connectivity index (χ1) is 6.16. The lowest BCUT2D eigenvalue weighted by atomic mass is 10.1. The van der Waals surface area contributed by atoms with E-state index in [9.17, 15) is 13.6 Å². The van der Waals surface area contributed by atoms with Crippen molar-refractivity contribution in [3.05, 3.63) is 35.4 Å². The van der Waals surface area contributed by atoms with E-state index in [0.717, 1.165) is 6.07 Å². The van der Waals surface area contributed by atoms with Crippen LogP contribution < -0.4 is 0 Å². The molecule has 0 unspecified atom stereocenters. The van der Waals surface area contributed by atoms with Crippen molar-refractivity contribution >= 4 is 5.78 Å². The van der Waals surface area contributed by atoms with Crippen LogP contribution in [0.1, 0.15) is 10.4 Å². The van der Waals surface area contributed by atoms with Gasteiger partial charge in [-0.1, -0.05) is 6.07 Å². The molecule has 0 bridgehead atoms. The zero-order chi connectivity index (χ0) is 9.84. The van der Waals surface area contributed by atoms with E-state index in [4.69, 9.17) is 0 Å². The van der Waals surface area contributed by atoms with E-state index in [1.165, 1.54) is 19.2 Å². The van der Waals surface area contributed by atoms with Gasteiger partial charge < -0.3 is 4.74 Å². The monoisotopic (exact) mass is 186 g/mol. The highest BCUT2D eigenvalue weighted by Crippen LogP contribution is 2.11. The predicted molar refractivity (Wildman–Crippen MR) is 42.6 cm³/mol. The fourth-order valence-corrected chi connectivity index (χ4v) is 0.928. The van der Waals surface area contributed by atoms with Crippen molar-refractivity contribution < 1.29 is 18.3 Å². The van der Waals surface area contributed by atoms with E-state index in [-0.39, 0.29) is 12.2 Å². The van der Waals surface area contributed by atoms with Crippen LogP contribution in [-0.4, -0.2) is 19.5 Å². The van der Waals surface area contributed by atoms with Crippen LogP contribution in [0.15, 0.2) is 18.2 Å². The number of hydrogen-bond acceptors (Lipinski definition) is 2. The molecule has 1 rings (SSSR count). The van der Waals surface area contributed by atoms with Crippen molar-refractivity contribution in [2.45, 2.75) is 0 Å². The summed E-state index contributed by atoms with van der Waals surface area (Å²) < 4.78 is 30.1. The highest BCUT2D eigenvalue weighted by atomic mass is 19.2. The van der Waals surface area contributed by atoms with Gasteiger partial charge in [-0.2, -0.15) is 0 Å². The van der Waals surface area contributed by atoms with E-state index in [0.29, 0.717) is 0 Å². The van der Waals surface area contributed by atoms with Crippen LogP contribution >= 0.6 is 0 Å². The van der Waals surface area contributed by atoms with Gasteiger partial charge in [-0.25, -0.2) is 8.78 Å². The molecule has 0 amide bonds. The molecular formula is C9H8F2O2. The Hall–Kier alpha value is -1.29. The fourth-order valence-electron chi connectivity index (χ4n) is 0.928. The van der Waals surface area contributed by atoms with E-state index in [2.05, 4.69) is 4.74 Å². The Bertz CT molecular complexity index is 323. The summed E-state index contributed by atoms with van der Waals surface area (Å²) in [5.41, 5.74) is -0.276. The number of ketones is 1. The van der Waals surface area contributed by atoms with Crippen molar-refractivity contribution in [3.63, 3.8) is 0 Å². The lowest BCUT2D eigenvalue weighted by Gasteiger charge is -2.01. The molecule has 0 aliphatic carbocycles. The Morgan fingerprint density at radius 2 is 2.15 bits per heavy atom. The summed E-state index contributed by atoms with van der Waals surface area (Å²) >= 11 is 0. The Morgan fingerprint density at radius 1 is 1.46 bits per heavy atom. The summed E-state index contributed by atoms with van der Waals surface area (Å²) in [6.45, 7) is -0.250. The first kappa shape index (κ1) is 9.80. The summed E-state index contributed by atoms with van der Waals surface area (Å²) in [5.74, 6) is -2.72. The first-order valence-electron chi connectivity index (χ1n) is 3.63. The summed E-state index contributed by atoms with van der Waals surface area (Å²) in [5, 5.41) is 0. The molecule has 0 spiro atoms. The minimum atomic E-state index is -1.12. The smallest absolute Gasteiger partial charge is 0.191 e. The third-order valence-corrected chi connectivity index (χ3v) is 1.53. The summed E-state index contributed by atoms with van der Waals surface area (Å²) in [6.07, 6.45) is 0. The van der Waals surface area contributed by atoms with Gasteiger partial charge in [0, 0.05) is 7.11 Å². The van der Waals surface area contributed by atoms with Gasteiger partial charge in [-0.3, -0.25) is 4.79 Å². The van der Waals surface area contributed by atoms with E-state index < -0.39 is 17.4 Å². The molecule has 0 N–H and O–H groups in total. The number of halogens is 2. The first-order valence-corrected chi connectivity index (χ1v) is 3.63. The number of carbonyl (C=O) groups excluding carboxylic acids is 1. The molecule has 0 fully saturated rings. The largest absolute Gasteiger partial charge is 0.377 e. The lowest BCUT2D eigenvalue weighted by molar-refractivity contribution is 0.0843. The van der Waals surface area contributed by atoms with Crippen LogP contribution in [-0.2, 0) is 4.74 Å². The number of carbonyl (C=O) groups is 1. The Kier molecular flexibility index (Phi) is 3.08. The van der Waals surface area contributed by atoms with Crippen LogP contribution in [0.3, 0.4) is 0 Å². The zero-order valence-electron chi connectivity index (χ0n) is 7.01. The number of ether oxygens (including phenoxy) is 1. The van der Waals surface area contributed by atoms with E-state index in [1.54, 1.807) is 0 Å². The van der Waals surface area contributed by atoms with Crippen molar-refractivity contribution in [3.8, 4) is 0 Å². The molecule has 2 nitrogen and oxygen atoms in total. The summed E-state index contributed by atoms with van der Waals surface area (Å²) in [7, 11) is 1.31. The topological polar surface area (TPSA) is 26.3 Å². The van der Waals surface area contributed by atoms with Gasteiger partial charge >= 0.3 is 0 Å². The van der Waals surface area contributed by atoms with Gasteiger partial charge in [-0.15, -0.1) is 0 Å². The highest BCUT2D eigenvalue weighted by molar-refractivity contribution is 5.97. The molecule has 0 heterocycles. The van der Waals surface area contributed by atoms with Gasteiger partial charge in [0.1, 0.15) is 6.61 Å². The average Bonchev–Trinajstić information content (AvgIpc) is 2.10. The van der Waals surface area contributed by atoms with Gasteiger partial charge in [0.05, 0.1) is 5.56 Å². The van der Waals surface area contributed by atoms with E-state index in [1.807, 2.05) is 0 Å². The average molecular weight is 186 g/mol. The van der Waals surface area contributed by atoms with Gasteiger partial charge in [-0.05, 0) is 12.1 Å². The number of benzene rings is 1. The summed E-state index contributed by atoms with van der Waals surface area (Å²) in [6, 6.07) is 3.46. The van der Waals surface area contributed by atoms with Crippen LogP contribution in [0.5, 0.6) is 0 Å². The SMILES string of the molecule is COCC(=O)c1cccc(F)c1F. The van der Waals surface area contributed by atoms with Crippen molar-refractivity contribution in [2.75, 3.05) is 13.7 Å². The fraction of sp³-hybridized carbons (Fsp3) is 0.222. The molecule has 70 valence electrons. The minimum absolute atomic E-state index is 0.250. The molecule has 0 radical (unpaired) electrons. The maximum atomic E-state index is 12.9. The number of methoxy groups -OCH3 is 1. The van der Waals surface area contributed by atoms with Gasteiger partial charge in [0.2, 0.25) is 0 Å². The molecule has 0 aromatic heterocycles. The van der Waals surface area contributed by atoms with Crippen molar-refractivity contribution in [2.24, 2.45) is 0 Å². The van der Waals surface area contributed by atoms with Crippen molar-refractivity contribution in [1.82, 2.24) is 0 Å². The van der Waals surface area contributed by atoms with Crippen LogP contribution in [0, 0.1) is 11.6 Å². The number of hydrogen-bond donors (Lipinski definition) is 0. The third-order valence-electron chi connectivity index (χ3n) is 1.53. The number of Topliss-reactive ketones (excluding diaryl/α,β-unsaturated/α-hetero) is 1. The molecule has 0 aliphatic heterocycles. The second kappa shape index (κ2) is 4.09. The standard InChI is InChI=1S/C9H8F2O2/c1-13-5-8(12)6-3-2-4-7(10)9(6)11/h2-4H,5H2,1H3. The molecule has 4 heteroatoms. The van der Waals surface area contributed by atoms with E-state index >= 15 is 0 Å². The second-order valence-electron chi connectivity index (χ2n) is 2.46. The number of rotatable bonds is 3. The molecule has 1 aromatic rings. The highest BCUT2D eigenvalue weighted by Gasteiger charge is 2.13. The zero-order valence-corrected chi connectivity index (χ0v) is 7.01.